The second kappa shape index (κ2) is 6.99. The van der Waals surface area contributed by atoms with Crippen molar-refractivity contribution < 1.29 is 13.9 Å². The van der Waals surface area contributed by atoms with E-state index in [1.54, 1.807) is 17.0 Å². The number of amides is 1. The zero-order chi connectivity index (χ0) is 13.5. The van der Waals surface area contributed by atoms with E-state index >= 15 is 0 Å². The molecular weight excluding hydrogens is 233 g/mol. The fourth-order valence-corrected chi connectivity index (χ4v) is 1.74. The van der Waals surface area contributed by atoms with Gasteiger partial charge < -0.3 is 9.64 Å². The van der Waals surface area contributed by atoms with Crippen LogP contribution in [-0.2, 0) is 4.79 Å². The Morgan fingerprint density at radius 2 is 1.89 bits per heavy atom. The van der Waals surface area contributed by atoms with Gasteiger partial charge in [-0.25, -0.2) is 4.39 Å². The Labute approximate surface area is 108 Å². The lowest BCUT2D eigenvalue weighted by atomic mass is 10.2. The van der Waals surface area contributed by atoms with Gasteiger partial charge in [0, 0.05) is 13.1 Å². The second-order valence-electron chi connectivity index (χ2n) is 3.96. The maximum absolute atomic E-state index is 13.5. The van der Waals surface area contributed by atoms with Crippen molar-refractivity contribution in [1.29, 1.82) is 0 Å². The smallest absolute Gasteiger partial charge is 0.263 e. The molecule has 0 bridgehead atoms. The number of nitrogens with zero attached hydrogens (tertiary/aromatic N) is 1. The van der Waals surface area contributed by atoms with Crippen molar-refractivity contribution in [2.75, 3.05) is 13.1 Å². The summed E-state index contributed by atoms with van der Waals surface area (Å²) in [6.45, 7) is 6.94. The van der Waals surface area contributed by atoms with Gasteiger partial charge in [-0.15, -0.1) is 0 Å². The molecule has 4 heteroatoms. The van der Waals surface area contributed by atoms with Crippen LogP contribution in [0.1, 0.15) is 27.2 Å². The first-order valence-corrected chi connectivity index (χ1v) is 6.33. The summed E-state index contributed by atoms with van der Waals surface area (Å²) in [6, 6.07) is 6.14. The average molecular weight is 253 g/mol. The molecule has 1 aromatic carbocycles. The monoisotopic (exact) mass is 253 g/mol. The van der Waals surface area contributed by atoms with Gasteiger partial charge in [0.2, 0.25) is 0 Å². The molecule has 1 atom stereocenters. The first-order valence-electron chi connectivity index (χ1n) is 6.33. The Kier molecular flexibility index (Phi) is 5.62. The number of ether oxygens (including phenoxy) is 1. The molecule has 0 aliphatic rings. The third kappa shape index (κ3) is 3.45. The van der Waals surface area contributed by atoms with E-state index in [4.69, 9.17) is 4.74 Å². The minimum Gasteiger partial charge on any atom is -0.478 e. The fraction of sp³-hybridized carbons (Fsp3) is 0.500. The molecule has 0 heterocycles. The van der Waals surface area contributed by atoms with Gasteiger partial charge in [0.15, 0.2) is 17.7 Å². The van der Waals surface area contributed by atoms with Crippen molar-refractivity contribution in [3.8, 4) is 5.75 Å². The van der Waals surface area contributed by atoms with Gasteiger partial charge in [-0.2, -0.15) is 0 Å². The molecule has 18 heavy (non-hydrogen) atoms. The van der Waals surface area contributed by atoms with Crippen molar-refractivity contribution >= 4 is 5.91 Å². The third-order valence-corrected chi connectivity index (χ3v) is 2.83. The molecule has 0 aliphatic heterocycles. The van der Waals surface area contributed by atoms with E-state index in [9.17, 15) is 9.18 Å². The summed E-state index contributed by atoms with van der Waals surface area (Å²) in [6.07, 6.45) is -0.106. The highest BCUT2D eigenvalue weighted by molar-refractivity contribution is 5.81. The number of carbonyl (C=O) groups is 1. The Morgan fingerprint density at radius 3 is 2.39 bits per heavy atom. The molecule has 0 spiro atoms. The summed E-state index contributed by atoms with van der Waals surface area (Å²) in [7, 11) is 0. The zero-order valence-corrected chi connectivity index (χ0v) is 11.1. The van der Waals surface area contributed by atoms with Crippen LogP contribution in [0.4, 0.5) is 4.39 Å². The number of rotatable bonds is 6. The van der Waals surface area contributed by atoms with E-state index in [1.807, 2.05) is 20.8 Å². The molecule has 1 amide bonds. The quantitative estimate of drug-likeness (QED) is 0.780. The zero-order valence-electron chi connectivity index (χ0n) is 11.1. The number of carbonyl (C=O) groups excluding carboxylic acids is 1. The number of hydrogen-bond donors (Lipinski definition) is 0. The van der Waals surface area contributed by atoms with Crippen LogP contribution in [0.15, 0.2) is 24.3 Å². The van der Waals surface area contributed by atoms with Crippen LogP contribution in [0, 0.1) is 5.82 Å². The molecule has 100 valence electrons. The summed E-state index contributed by atoms with van der Waals surface area (Å²) >= 11 is 0. The van der Waals surface area contributed by atoms with Crippen LogP contribution < -0.4 is 4.74 Å². The van der Waals surface area contributed by atoms with Gasteiger partial charge in [0.25, 0.3) is 5.91 Å². The largest absolute Gasteiger partial charge is 0.478 e. The molecule has 0 aromatic heterocycles. The van der Waals surface area contributed by atoms with E-state index < -0.39 is 11.9 Å². The first kappa shape index (κ1) is 14.5. The molecule has 0 N–H and O–H groups in total. The Hall–Kier alpha value is -1.58. The average Bonchev–Trinajstić information content (AvgIpc) is 2.39. The topological polar surface area (TPSA) is 29.5 Å². The predicted octanol–water partition coefficient (Wildman–Crippen LogP) is 2.85. The van der Waals surface area contributed by atoms with Crippen molar-refractivity contribution in [3.63, 3.8) is 0 Å². The highest BCUT2D eigenvalue weighted by Gasteiger charge is 2.23. The molecule has 1 aromatic rings. The SMILES string of the molecule is CCC(Oc1ccccc1F)C(=O)N(CC)CC. The normalized spacial score (nSPS) is 12.0. The minimum absolute atomic E-state index is 0.0919. The maximum Gasteiger partial charge on any atom is 0.263 e. The van der Waals surface area contributed by atoms with E-state index in [0.717, 1.165) is 0 Å². The fourth-order valence-electron chi connectivity index (χ4n) is 1.74. The highest BCUT2D eigenvalue weighted by Crippen LogP contribution is 2.18. The van der Waals surface area contributed by atoms with Crippen molar-refractivity contribution in [2.45, 2.75) is 33.3 Å². The number of para-hydroxylation sites is 1. The van der Waals surface area contributed by atoms with Crippen molar-refractivity contribution in [1.82, 2.24) is 4.90 Å². The molecule has 1 rings (SSSR count). The number of halogens is 1. The summed E-state index contributed by atoms with van der Waals surface area (Å²) < 4.78 is 18.9. The molecular formula is C14H20FNO2. The number of hydrogen-bond acceptors (Lipinski definition) is 2. The third-order valence-electron chi connectivity index (χ3n) is 2.83. The first-order chi connectivity index (χ1) is 8.63. The van der Waals surface area contributed by atoms with Crippen LogP contribution in [0.2, 0.25) is 0 Å². The number of likely N-dealkylation sites (N-methyl/N-ethyl adjacent to an activating group) is 1. The Bertz CT molecular complexity index is 391. The van der Waals surface area contributed by atoms with Crippen molar-refractivity contribution in [3.05, 3.63) is 30.1 Å². The lowest BCUT2D eigenvalue weighted by Gasteiger charge is -2.25. The van der Waals surface area contributed by atoms with E-state index in [-0.39, 0.29) is 11.7 Å². The molecule has 0 aliphatic carbocycles. The van der Waals surface area contributed by atoms with E-state index in [1.165, 1.54) is 12.1 Å². The van der Waals surface area contributed by atoms with Gasteiger partial charge in [0.1, 0.15) is 0 Å². The van der Waals surface area contributed by atoms with Crippen LogP contribution in [0.5, 0.6) is 5.75 Å². The standard InChI is InChI=1S/C14H20FNO2/c1-4-12(14(17)16(5-2)6-3)18-13-10-8-7-9-11(13)15/h7-10,12H,4-6H2,1-3H3. The van der Waals surface area contributed by atoms with Crippen LogP contribution in [0.3, 0.4) is 0 Å². The van der Waals surface area contributed by atoms with Crippen molar-refractivity contribution in [2.24, 2.45) is 0 Å². The lowest BCUT2D eigenvalue weighted by molar-refractivity contribution is -0.138. The maximum atomic E-state index is 13.5. The molecule has 0 saturated carbocycles. The highest BCUT2D eigenvalue weighted by atomic mass is 19.1. The van der Waals surface area contributed by atoms with Crippen LogP contribution >= 0.6 is 0 Å². The second-order valence-corrected chi connectivity index (χ2v) is 3.96. The Morgan fingerprint density at radius 1 is 1.28 bits per heavy atom. The Balaban J connectivity index is 2.79. The molecule has 0 fully saturated rings. The predicted molar refractivity (Wildman–Crippen MR) is 69.0 cm³/mol. The van der Waals surface area contributed by atoms with Gasteiger partial charge >= 0.3 is 0 Å². The van der Waals surface area contributed by atoms with Gasteiger partial charge in [-0.1, -0.05) is 19.1 Å². The van der Waals surface area contributed by atoms with E-state index in [2.05, 4.69) is 0 Å². The van der Waals surface area contributed by atoms with Gasteiger partial charge in [-0.3, -0.25) is 4.79 Å². The summed E-state index contributed by atoms with van der Waals surface area (Å²) in [4.78, 5) is 13.8. The number of benzene rings is 1. The van der Waals surface area contributed by atoms with Gasteiger partial charge in [-0.05, 0) is 32.4 Å². The van der Waals surface area contributed by atoms with Gasteiger partial charge in [0.05, 0.1) is 0 Å². The molecule has 3 nitrogen and oxygen atoms in total. The molecule has 0 saturated heterocycles. The summed E-state index contributed by atoms with van der Waals surface area (Å²) in [5, 5.41) is 0. The summed E-state index contributed by atoms with van der Waals surface area (Å²) in [5.74, 6) is -0.404. The summed E-state index contributed by atoms with van der Waals surface area (Å²) in [5.41, 5.74) is 0. The molecule has 1 unspecified atom stereocenters. The van der Waals surface area contributed by atoms with E-state index in [0.29, 0.717) is 19.5 Å². The lowest BCUT2D eigenvalue weighted by Crippen LogP contribution is -2.41. The van der Waals surface area contributed by atoms with Crippen LogP contribution in [-0.4, -0.2) is 30.0 Å². The minimum atomic E-state index is -0.623. The van der Waals surface area contributed by atoms with Crippen LogP contribution in [0.25, 0.3) is 0 Å². The molecule has 0 radical (unpaired) electrons.